The highest BCUT2D eigenvalue weighted by molar-refractivity contribution is 7.89. The van der Waals surface area contributed by atoms with E-state index in [4.69, 9.17) is 9.47 Å². The topological polar surface area (TPSA) is 84.9 Å². The van der Waals surface area contributed by atoms with E-state index in [1.165, 1.54) is 24.6 Å². The molecule has 0 radical (unpaired) electrons. The van der Waals surface area contributed by atoms with E-state index in [0.29, 0.717) is 25.1 Å². The zero-order chi connectivity index (χ0) is 18.0. The molecule has 8 heteroatoms. The molecule has 1 aliphatic carbocycles. The molecule has 7 nitrogen and oxygen atoms in total. The molecule has 0 aromatic heterocycles. The van der Waals surface area contributed by atoms with Gasteiger partial charge in [0.05, 0.1) is 20.1 Å². The van der Waals surface area contributed by atoms with Crippen LogP contribution in [-0.4, -0.2) is 52.0 Å². The Bertz CT molecular complexity index is 745. The van der Waals surface area contributed by atoms with Gasteiger partial charge in [-0.15, -0.1) is 0 Å². The Labute approximate surface area is 148 Å². The van der Waals surface area contributed by atoms with Crippen molar-refractivity contribution in [2.24, 2.45) is 5.92 Å². The molecule has 3 rings (SSSR count). The van der Waals surface area contributed by atoms with Crippen LogP contribution in [0.4, 0.5) is 0 Å². The molecule has 25 heavy (non-hydrogen) atoms. The molecule has 1 N–H and O–H groups in total. The molecule has 1 atom stereocenters. The molecule has 1 aromatic rings. The van der Waals surface area contributed by atoms with Crippen LogP contribution < -0.4 is 14.8 Å². The summed E-state index contributed by atoms with van der Waals surface area (Å²) in [6.07, 6.45) is 3.40. The summed E-state index contributed by atoms with van der Waals surface area (Å²) in [7, 11) is -0.851. The summed E-state index contributed by atoms with van der Waals surface area (Å²) in [5, 5.41) is 2.97. The zero-order valence-electron chi connectivity index (χ0n) is 14.5. The van der Waals surface area contributed by atoms with Crippen LogP contribution in [0.25, 0.3) is 0 Å². The predicted molar refractivity (Wildman–Crippen MR) is 92.2 cm³/mol. The number of carbonyl (C=O) groups excluding carboxylic acids is 1. The maximum Gasteiger partial charge on any atom is 0.246 e. The van der Waals surface area contributed by atoms with Crippen LogP contribution in [0.2, 0.25) is 0 Å². The SMILES string of the molecule is COc1ccc(OC)c(S(=O)(=O)N2CCC[C@H](C(=O)NC3CC3)C2)c1. The van der Waals surface area contributed by atoms with Crippen molar-refractivity contribution >= 4 is 15.9 Å². The van der Waals surface area contributed by atoms with Crippen molar-refractivity contribution in [1.82, 2.24) is 9.62 Å². The highest BCUT2D eigenvalue weighted by Gasteiger charge is 2.36. The summed E-state index contributed by atoms with van der Waals surface area (Å²) in [5.74, 6) is 0.366. The minimum absolute atomic E-state index is 0.0417. The fourth-order valence-electron chi connectivity index (χ4n) is 3.05. The fourth-order valence-corrected chi connectivity index (χ4v) is 4.74. The lowest BCUT2D eigenvalue weighted by atomic mass is 9.99. The van der Waals surface area contributed by atoms with Gasteiger partial charge < -0.3 is 14.8 Å². The first kappa shape index (κ1) is 18.0. The van der Waals surface area contributed by atoms with Crippen LogP contribution in [0.15, 0.2) is 23.1 Å². The lowest BCUT2D eigenvalue weighted by Gasteiger charge is -2.31. The van der Waals surface area contributed by atoms with E-state index in [-0.39, 0.29) is 35.1 Å². The molecule has 1 saturated heterocycles. The summed E-state index contributed by atoms with van der Waals surface area (Å²) in [5.41, 5.74) is 0. The van der Waals surface area contributed by atoms with Crippen LogP contribution in [0.3, 0.4) is 0 Å². The van der Waals surface area contributed by atoms with Crippen molar-refractivity contribution in [3.05, 3.63) is 18.2 Å². The normalized spacial score (nSPS) is 21.6. The van der Waals surface area contributed by atoms with E-state index in [2.05, 4.69) is 5.32 Å². The number of nitrogens with one attached hydrogen (secondary N) is 1. The van der Waals surface area contributed by atoms with Crippen molar-refractivity contribution in [3.63, 3.8) is 0 Å². The molecule has 1 amide bonds. The van der Waals surface area contributed by atoms with E-state index < -0.39 is 10.0 Å². The molecular weight excluding hydrogens is 344 g/mol. The molecule has 2 aliphatic rings. The van der Waals surface area contributed by atoms with E-state index in [0.717, 1.165) is 12.8 Å². The number of hydrogen-bond donors (Lipinski definition) is 1. The minimum atomic E-state index is -3.77. The zero-order valence-corrected chi connectivity index (χ0v) is 15.3. The molecular formula is C17H24N2O5S. The van der Waals surface area contributed by atoms with Crippen LogP contribution in [0.5, 0.6) is 11.5 Å². The lowest BCUT2D eigenvalue weighted by molar-refractivity contribution is -0.126. The van der Waals surface area contributed by atoms with E-state index in [1.807, 2.05) is 0 Å². The lowest BCUT2D eigenvalue weighted by Crippen LogP contribution is -2.45. The number of piperidine rings is 1. The second kappa shape index (κ2) is 7.21. The highest BCUT2D eigenvalue weighted by Crippen LogP contribution is 2.33. The van der Waals surface area contributed by atoms with Gasteiger partial charge in [0, 0.05) is 25.2 Å². The van der Waals surface area contributed by atoms with Gasteiger partial charge in [-0.3, -0.25) is 4.79 Å². The standard InChI is InChI=1S/C17H24N2O5S/c1-23-14-7-8-15(24-2)16(10-14)25(21,22)19-9-3-4-12(11-19)17(20)18-13-5-6-13/h7-8,10,12-13H,3-6,9,11H2,1-2H3,(H,18,20)/t12-/m0/s1. The third kappa shape index (κ3) is 3.90. The van der Waals surface area contributed by atoms with Gasteiger partial charge in [0.2, 0.25) is 15.9 Å². The van der Waals surface area contributed by atoms with Gasteiger partial charge in [-0.05, 0) is 37.8 Å². The van der Waals surface area contributed by atoms with Gasteiger partial charge in [-0.1, -0.05) is 0 Å². The number of hydrogen-bond acceptors (Lipinski definition) is 5. The summed E-state index contributed by atoms with van der Waals surface area (Å²) < 4.78 is 37.9. The Morgan fingerprint density at radius 2 is 1.96 bits per heavy atom. The molecule has 0 spiro atoms. The predicted octanol–water partition coefficient (Wildman–Crippen LogP) is 1.38. The highest BCUT2D eigenvalue weighted by atomic mass is 32.2. The fraction of sp³-hybridized carbons (Fsp3) is 0.588. The average Bonchev–Trinajstić information content (AvgIpc) is 3.45. The van der Waals surface area contributed by atoms with Gasteiger partial charge >= 0.3 is 0 Å². The number of amides is 1. The molecule has 0 bridgehead atoms. The third-order valence-electron chi connectivity index (χ3n) is 4.67. The number of nitrogens with zero attached hydrogens (tertiary/aromatic N) is 1. The summed E-state index contributed by atoms with van der Waals surface area (Å²) >= 11 is 0. The van der Waals surface area contributed by atoms with Crippen LogP contribution in [0.1, 0.15) is 25.7 Å². The monoisotopic (exact) mass is 368 g/mol. The van der Waals surface area contributed by atoms with Crippen molar-refractivity contribution < 1.29 is 22.7 Å². The number of methoxy groups -OCH3 is 2. The maximum atomic E-state index is 13.1. The number of sulfonamides is 1. The number of ether oxygens (including phenoxy) is 2. The van der Waals surface area contributed by atoms with E-state index in [9.17, 15) is 13.2 Å². The van der Waals surface area contributed by atoms with Crippen molar-refractivity contribution in [2.75, 3.05) is 27.3 Å². The van der Waals surface area contributed by atoms with Crippen molar-refractivity contribution in [2.45, 2.75) is 36.6 Å². The first-order chi connectivity index (χ1) is 12.0. The molecule has 1 aromatic carbocycles. The Morgan fingerprint density at radius 1 is 1.20 bits per heavy atom. The summed E-state index contributed by atoms with van der Waals surface area (Å²) in [6.45, 7) is 0.594. The van der Waals surface area contributed by atoms with Gasteiger partial charge in [0.1, 0.15) is 16.4 Å². The van der Waals surface area contributed by atoms with Gasteiger partial charge in [0.15, 0.2) is 0 Å². The Hall–Kier alpha value is -1.80. The Kier molecular flexibility index (Phi) is 5.19. The van der Waals surface area contributed by atoms with Gasteiger partial charge in [0.25, 0.3) is 0 Å². The summed E-state index contributed by atoms with van der Waals surface area (Å²) in [6, 6.07) is 4.97. The molecule has 2 fully saturated rings. The quantitative estimate of drug-likeness (QED) is 0.820. The second-order valence-electron chi connectivity index (χ2n) is 6.50. The van der Waals surface area contributed by atoms with Crippen LogP contribution >= 0.6 is 0 Å². The molecule has 1 heterocycles. The van der Waals surface area contributed by atoms with E-state index >= 15 is 0 Å². The van der Waals surface area contributed by atoms with Gasteiger partial charge in [-0.25, -0.2) is 8.42 Å². The second-order valence-corrected chi connectivity index (χ2v) is 8.41. The van der Waals surface area contributed by atoms with Crippen molar-refractivity contribution in [3.8, 4) is 11.5 Å². The Balaban J connectivity index is 1.82. The molecule has 138 valence electrons. The smallest absolute Gasteiger partial charge is 0.246 e. The first-order valence-corrected chi connectivity index (χ1v) is 9.92. The van der Waals surface area contributed by atoms with E-state index in [1.54, 1.807) is 12.1 Å². The average molecular weight is 368 g/mol. The first-order valence-electron chi connectivity index (χ1n) is 8.48. The minimum Gasteiger partial charge on any atom is -0.497 e. The Morgan fingerprint density at radius 3 is 2.60 bits per heavy atom. The summed E-state index contributed by atoms with van der Waals surface area (Å²) in [4.78, 5) is 12.4. The number of benzene rings is 1. The largest absolute Gasteiger partial charge is 0.497 e. The van der Waals surface area contributed by atoms with Crippen LogP contribution in [0, 0.1) is 5.92 Å². The molecule has 0 unspecified atom stereocenters. The maximum absolute atomic E-state index is 13.1. The van der Waals surface area contributed by atoms with Crippen molar-refractivity contribution in [1.29, 1.82) is 0 Å². The molecule has 1 saturated carbocycles. The van der Waals surface area contributed by atoms with Gasteiger partial charge in [-0.2, -0.15) is 4.31 Å². The third-order valence-corrected chi connectivity index (χ3v) is 6.55. The molecule has 1 aliphatic heterocycles. The van der Waals surface area contributed by atoms with Crippen LogP contribution in [-0.2, 0) is 14.8 Å². The number of rotatable bonds is 6. The number of carbonyl (C=O) groups is 1.